The zero-order valence-corrected chi connectivity index (χ0v) is 9.50. The maximum Gasteiger partial charge on any atom is 0.0931 e. The van der Waals surface area contributed by atoms with E-state index < -0.39 is 0 Å². The topological polar surface area (TPSA) is 32.3 Å². The van der Waals surface area contributed by atoms with Crippen LogP contribution in [0, 0.1) is 0 Å². The third kappa shape index (κ3) is 2.11. The maximum atomic E-state index is 9.23. The van der Waals surface area contributed by atoms with E-state index in [0.29, 0.717) is 0 Å². The van der Waals surface area contributed by atoms with Crippen LogP contribution in [0.5, 0.6) is 0 Å². The first kappa shape index (κ1) is 10.4. The molecule has 1 aliphatic carbocycles. The molecule has 2 nitrogen and oxygen atoms in total. The summed E-state index contributed by atoms with van der Waals surface area (Å²) in [6.07, 6.45) is 3.39. The van der Waals surface area contributed by atoms with Gasteiger partial charge in [0.25, 0.3) is 0 Å². The average molecular weight is 232 g/mol. The molecule has 0 saturated heterocycles. The third-order valence-corrected chi connectivity index (χ3v) is 4.11. The summed E-state index contributed by atoms with van der Waals surface area (Å²) >= 11 is 7.43. The first-order valence-corrected chi connectivity index (χ1v) is 6.04. The lowest BCUT2D eigenvalue weighted by atomic mass is 9.77. The van der Waals surface area contributed by atoms with Crippen molar-refractivity contribution in [3.05, 3.63) is 21.3 Å². The molecule has 0 aliphatic heterocycles. The van der Waals surface area contributed by atoms with E-state index in [1.54, 1.807) is 11.3 Å². The Bertz CT molecular complexity index is 303. The molecule has 14 heavy (non-hydrogen) atoms. The lowest BCUT2D eigenvalue weighted by molar-refractivity contribution is 0.0875. The number of halogens is 1. The van der Waals surface area contributed by atoms with E-state index >= 15 is 0 Å². The molecule has 4 heteroatoms. The highest BCUT2D eigenvalue weighted by Crippen LogP contribution is 2.32. The SMILES string of the molecule is OCC1(NCc2ccc(Cl)s2)CCC1. The van der Waals surface area contributed by atoms with Crippen molar-refractivity contribution in [3.63, 3.8) is 0 Å². The molecule has 0 unspecified atom stereocenters. The zero-order chi connectivity index (χ0) is 10.0. The Hall–Kier alpha value is -0.0900. The number of thiophene rings is 1. The predicted octanol–water partition coefficient (Wildman–Crippen LogP) is 2.41. The summed E-state index contributed by atoms with van der Waals surface area (Å²) in [5.74, 6) is 0. The summed E-state index contributed by atoms with van der Waals surface area (Å²) in [6.45, 7) is 1.06. The molecular weight excluding hydrogens is 218 g/mol. The van der Waals surface area contributed by atoms with E-state index in [2.05, 4.69) is 5.32 Å². The van der Waals surface area contributed by atoms with Gasteiger partial charge < -0.3 is 10.4 Å². The molecule has 0 bridgehead atoms. The van der Waals surface area contributed by atoms with Crippen molar-refractivity contribution in [2.75, 3.05) is 6.61 Å². The minimum absolute atomic E-state index is 0.00351. The van der Waals surface area contributed by atoms with Crippen LogP contribution in [0.4, 0.5) is 0 Å². The van der Waals surface area contributed by atoms with Crippen molar-refractivity contribution in [2.45, 2.75) is 31.3 Å². The second kappa shape index (κ2) is 4.19. The molecule has 0 spiro atoms. The van der Waals surface area contributed by atoms with Crippen LogP contribution in [0.2, 0.25) is 4.34 Å². The van der Waals surface area contributed by atoms with Crippen LogP contribution >= 0.6 is 22.9 Å². The number of aliphatic hydroxyl groups is 1. The van der Waals surface area contributed by atoms with Gasteiger partial charge in [0.1, 0.15) is 0 Å². The summed E-state index contributed by atoms with van der Waals surface area (Å²) in [5, 5.41) is 12.6. The first-order chi connectivity index (χ1) is 6.74. The van der Waals surface area contributed by atoms with Gasteiger partial charge in [0.15, 0.2) is 0 Å². The molecule has 1 fully saturated rings. The number of aliphatic hydroxyl groups excluding tert-OH is 1. The van der Waals surface area contributed by atoms with Crippen LogP contribution in [0.25, 0.3) is 0 Å². The Labute approximate surface area is 92.9 Å². The Morgan fingerprint density at radius 1 is 1.50 bits per heavy atom. The molecular formula is C10H14ClNOS. The van der Waals surface area contributed by atoms with Crippen molar-refractivity contribution >= 4 is 22.9 Å². The van der Waals surface area contributed by atoms with Gasteiger partial charge in [-0.05, 0) is 31.4 Å². The van der Waals surface area contributed by atoms with Gasteiger partial charge in [-0.3, -0.25) is 0 Å². The molecule has 0 amide bonds. The van der Waals surface area contributed by atoms with Crippen molar-refractivity contribution in [3.8, 4) is 0 Å². The minimum Gasteiger partial charge on any atom is -0.394 e. The highest BCUT2D eigenvalue weighted by molar-refractivity contribution is 7.16. The molecule has 1 saturated carbocycles. The molecule has 1 aromatic heterocycles. The Kier molecular flexibility index (Phi) is 3.12. The van der Waals surface area contributed by atoms with E-state index in [-0.39, 0.29) is 12.1 Å². The first-order valence-electron chi connectivity index (χ1n) is 4.84. The van der Waals surface area contributed by atoms with E-state index in [0.717, 1.165) is 23.7 Å². The van der Waals surface area contributed by atoms with E-state index in [4.69, 9.17) is 11.6 Å². The van der Waals surface area contributed by atoms with Crippen molar-refractivity contribution in [2.24, 2.45) is 0 Å². The number of hydrogen-bond acceptors (Lipinski definition) is 3. The van der Waals surface area contributed by atoms with Gasteiger partial charge in [0, 0.05) is 17.0 Å². The van der Waals surface area contributed by atoms with Crippen LogP contribution < -0.4 is 5.32 Å². The second-order valence-electron chi connectivity index (χ2n) is 3.85. The van der Waals surface area contributed by atoms with Gasteiger partial charge >= 0.3 is 0 Å². The van der Waals surface area contributed by atoms with Crippen LogP contribution in [0.3, 0.4) is 0 Å². The molecule has 0 radical (unpaired) electrons. The van der Waals surface area contributed by atoms with Gasteiger partial charge in [0.2, 0.25) is 0 Å². The third-order valence-electron chi connectivity index (χ3n) is 2.88. The van der Waals surface area contributed by atoms with Gasteiger partial charge in [-0.1, -0.05) is 11.6 Å². The molecule has 1 aliphatic rings. The Balaban J connectivity index is 1.87. The molecule has 1 heterocycles. The average Bonchev–Trinajstić information content (AvgIpc) is 2.50. The summed E-state index contributed by atoms with van der Waals surface area (Å²) in [6, 6.07) is 3.94. The zero-order valence-electron chi connectivity index (χ0n) is 7.92. The quantitative estimate of drug-likeness (QED) is 0.834. The van der Waals surface area contributed by atoms with E-state index in [1.165, 1.54) is 11.3 Å². The number of hydrogen-bond donors (Lipinski definition) is 2. The van der Waals surface area contributed by atoms with Gasteiger partial charge in [-0.15, -0.1) is 11.3 Å². The van der Waals surface area contributed by atoms with Crippen LogP contribution in [-0.4, -0.2) is 17.3 Å². The largest absolute Gasteiger partial charge is 0.394 e. The Morgan fingerprint density at radius 2 is 2.29 bits per heavy atom. The van der Waals surface area contributed by atoms with Gasteiger partial charge in [-0.2, -0.15) is 0 Å². The normalized spacial score (nSPS) is 19.3. The molecule has 2 rings (SSSR count). The fourth-order valence-corrected chi connectivity index (χ4v) is 2.74. The van der Waals surface area contributed by atoms with Crippen LogP contribution in [0.15, 0.2) is 12.1 Å². The molecule has 78 valence electrons. The number of nitrogens with one attached hydrogen (secondary N) is 1. The lowest BCUT2D eigenvalue weighted by Crippen LogP contribution is -2.53. The summed E-state index contributed by atoms with van der Waals surface area (Å²) < 4.78 is 0.827. The number of rotatable bonds is 4. The monoisotopic (exact) mass is 231 g/mol. The summed E-state index contributed by atoms with van der Waals surface area (Å²) in [5.41, 5.74) is -0.00351. The predicted molar refractivity (Wildman–Crippen MR) is 59.8 cm³/mol. The van der Waals surface area contributed by atoms with Gasteiger partial charge in [0.05, 0.1) is 10.9 Å². The fourth-order valence-electron chi connectivity index (χ4n) is 1.72. The Morgan fingerprint density at radius 3 is 2.71 bits per heavy atom. The molecule has 2 N–H and O–H groups in total. The molecule has 0 aromatic carbocycles. The fraction of sp³-hybridized carbons (Fsp3) is 0.600. The highest BCUT2D eigenvalue weighted by atomic mass is 35.5. The standard InChI is InChI=1S/C10H14ClNOS/c11-9-3-2-8(14-9)6-12-10(7-13)4-1-5-10/h2-3,12-13H,1,4-7H2. The minimum atomic E-state index is -0.00351. The second-order valence-corrected chi connectivity index (χ2v) is 5.65. The maximum absolute atomic E-state index is 9.23. The van der Waals surface area contributed by atoms with Crippen LogP contribution in [0.1, 0.15) is 24.1 Å². The van der Waals surface area contributed by atoms with Gasteiger partial charge in [-0.25, -0.2) is 0 Å². The van der Waals surface area contributed by atoms with E-state index in [9.17, 15) is 5.11 Å². The summed E-state index contributed by atoms with van der Waals surface area (Å²) in [7, 11) is 0. The molecule has 0 atom stereocenters. The van der Waals surface area contributed by atoms with Crippen molar-refractivity contribution in [1.29, 1.82) is 0 Å². The van der Waals surface area contributed by atoms with Crippen LogP contribution in [-0.2, 0) is 6.54 Å². The lowest BCUT2D eigenvalue weighted by Gasteiger charge is -2.41. The smallest absolute Gasteiger partial charge is 0.0931 e. The van der Waals surface area contributed by atoms with Crippen molar-refractivity contribution < 1.29 is 5.11 Å². The molecule has 1 aromatic rings. The van der Waals surface area contributed by atoms with E-state index in [1.807, 2.05) is 12.1 Å². The van der Waals surface area contributed by atoms with Crippen molar-refractivity contribution in [1.82, 2.24) is 5.32 Å². The summed E-state index contributed by atoms with van der Waals surface area (Å²) in [4.78, 5) is 1.23. The highest BCUT2D eigenvalue weighted by Gasteiger charge is 2.35.